The maximum absolute atomic E-state index is 2.59. The van der Waals surface area contributed by atoms with Crippen molar-refractivity contribution in [3.05, 3.63) is 181 Å². The third-order valence-electron chi connectivity index (χ3n) is 13.0. The van der Waals surface area contributed by atoms with E-state index in [4.69, 9.17) is 0 Å². The highest BCUT2D eigenvalue weighted by molar-refractivity contribution is 6.25. The molecule has 1 aliphatic carbocycles. The molecule has 270 valence electrons. The van der Waals surface area contributed by atoms with Gasteiger partial charge in [-0.2, -0.15) is 0 Å². The lowest BCUT2D eigenvalue weighted by atomic mass is 9.63. The first-order valence-corrected chi connectivity index (χ1v) is 20.1. The topological polar surface area (TPSA) is 9.86 Å². The van der Waals surface area contributed by atoms with Gasteiger partial charge in [0, 0.05) is 32.8 Å². The van der Waals surface area contributed by atoms with Crippen LogP contribution < -0.4 is 0 Å². The second-order valence-corrected chi connectivity index (χ2v) is 17.2. The summed E-state index contributed by atoms with van der Waals surface area (Å²) in [6.45, 7) is 9.77. The van der Waals surface area contributed by atoms with E-state index in [0.29, 0.717) is 0 Å². The molecule has 1 aliphatic rings. The maximum atomic E-state index is 2.59. The SMILES string of the molecule is CC1(C)CCC(C)(C)c2cc3c(cc21)c1cc2c(cc1n3-c1ccc(-c3ccccc3)cc1-c1ccccc1)c1c3ccccc3ccc1n2-c1ccccc1. The van der Waals surface area contributed by atoms with E-state index in [1.165, 1.54) is 112 Å². The first-order chi connectivity index (χ1) is 27.3. The normalized spacial score (nSPS) is 14.9. The molecule has 0 aliphatic heterocycles. The van der Waals surface area contributed by atoms with Crippen molar-refractivity contribution in [1.82, 2.24) is 9.13 Å². The molecule has 2 heteroatoms. The fourth-order valence-corrected chi connectivity index (χ4v) is 9.86. The van der Waals surface area contributed by atoms with Crippen LogP contribution in [0.2, 0.25) is 0 Å². The van der Waals surface area contributed by atoms with Gasteiger partial charge in [0.15, 0.2) is 0 Å². The molecule has 10 aromatic rings. The smallest absolute Gasteiger partial charge is 0.0549 e. The van der Waals surface area contributed by atoms with Crippen LogP contribution in [0.25, 0.3) is 88.0 Å². The summed E-state index contributed by atoms with van der Waals surface area (Å²) < 4.78 is 5.07. The van der Waals surface area contributed by atoms with E-state index < -0.39 is 0 Å². The lowest BCUT2D eigenvalue weighted by Gasteiger charge is -2.42. The minimum absolute atomic E-state index is 0.0729. The molecule has 0 atom stereocenters. The molecule has 0 unspecified atom stereocenters. The van der Waals surface area contributed by atoms with E-state index >= 15 is 0 Å². The van der Waals surface area contributed by atoms with Crippen molar-refractivity contribution in [2.24, 2.45) is 0 Å². The van der Waals surface area contributed by atoms with Crippen LogP contribution in [-0.2, 0) is 10.8 Å². The number of hydrogen-bond donors (Lipinski definition) is 0. The van der Waals surface area contributed by atoms with Crippen LogP contribution in [0.15, 0.2) is 170 Å². The summed E-state index contributed by atoms with van der Waals surface area (Å²) in [7, 11) is 0. The highest BCUT2D eigenvalue weighted by Gasteiger charge is 2.38. The molecular formula is C54H44N2. The van der Waals surface area contributed by atoms with Crippen LogP contribution in [-0.4, -0.2) is 9.13 Å². The van der Waals surface area contributed by atoms with Crippen molar-refractivity contribution < 1.29 is 0 Å². The van der Waals surface area contributed by atoms with Crippen molar-refractivity contribution in [2.45, 2.75) is 51.4 Å². The molecular weight excluding hydrogens is 677 g/mol. The Morgan fingerprint density at radius 3 is 1.70 bits per heavy atom. The Labute approximate surface area is 328 Å². The summed E-state index contributed by atoms with van der Waals surface area (Å²) >= 11 is 0. The Kier molecular flexibility index (Phi) is 7.11. The first kappa shape index (κ1) is 33.0. The van der Waals surface area contributed by atoms with Crippen LogP contribution >= 0.6 is 0 Å². The number of aromatic nitrogens is 2. The van der Waals surface area contributed by atoms with Crippen molar-refractivity contribution in [3.8, 4) is 33.6 Å². The largest absolute Gasteiger partial charge is 0.309 e. The molecule has 2 heterocycles. The van der Waals surface area contributed by atoms with Gasteiger partial charge in [-0.3, -0.25) is 0 Å². The minimum atomic E-state index is 0.0729. The number of para-hydroxylation sites is 1. The zero-order valence-electron chi connectivity index (χ0n) is 32.5. The number of rotatable bonds is 4. The average molecular weight is 721 g/mol. The molecule has 2 nitrogen and oxygen atoms in total. The van der Waals surface area contributed by atoms with Gasteiger partial charge in [0.25, 0.3) is 0 Å². The summed E-state index contributed by atoms with van der Waals surface area (Å²) in [5.74, 6) is 0. The van der Waals surface area contributed by atoms with Crippen molar-refractivity contribution >= 4 is 54.4 Å². The Hall–Kier alpha value is -6.38. The predicted molar refractivity (Wildman–Crippen MR) is 239 cm³/mol. The molecule has 2 aromatic heterocycles. The molecule has 56 heavy (non-hydrogen) atoms. The van der Waals surface area contributed by atoms with Gasteiger partial charge >= 0.3 is 0 Å². The molecule has 8 aromatic carbocycles. The highest BCUT2D eigenvalue weighted by Crippen LogP contribution is 2.50. The molecule has 0 N–H and O–H groups in total. The summed E-state index contributed by atoms with van der Waals surface area (Å²) in [6.07, 6.45) is 2.35. The van der Waals surface area contributed by atoms with Crippen LogP contribution in [0.3, 0.4) is 0 Å². The first-order valence-electron chi connectivity index (χ1n) is 20.1. The van der Waals surface area contributed by atoms with Crippen LogP contribution in [0, 0.1) is 0 Å². The quantitative estimate of drug-likeness (QED) is 0.171. The summed E-state index contributed by atoms with van der Waals surface area (Å²) in [5, 5.41) is 7.70. The fourth-order valence-electron chi connectivity index (χ4n) is 9.86. The Balaban J connectivity index is 1.34. The van der Waals surface area contributed by atoms with Gasteiger partial charge in [-0.25, -0.2) is 0 Å². The van der Waals surface area contributed by atoms with E-state index in [1.807, 2.05) is 0 Å². The molecule has 0 amide bonds. The van der Waals surface area contributed by atoms with Gasteiger partial charge in [-0.05, 0) is 117 Å². The number of benzene rings is 8. The van der Waals surface area contributed by atoms with Gasteiger partial charge in [0.2, 0.25) is 0 Å². The van der Waals surface area contributed by atoms with E-state index in [9.17, 15) is 0 Å². The third-order valence-corrected chi connectivity index (χ3v) is 13.0. The number of hydrogen-bond acceptors (Lipinski definition) is 0. The average Bonchev–Trinajstić information content (AvgIpc) is 3.73. The molecule has 0 saturated carbocycles. The second kappa shape index (κ2) is 12.1. The molecule has 11 rings (SSSR count). The Bertz CT molecular complexity index is 3160. The summed E-state index contributed by atoms with van der Waals surface area (Å²) in [5.41, 5.74) is 15.3. The van der Waals surface area contributed by atoms with Gasteiger partial charge < -0.3 is 9.13 Å². The summed E-state index contributed by atoms with van der Waals surface area (Å²) in [4.78, 5) is 0. The van der Waals surface area contributed by atoms with Gasteiger partial charge in [0.1, 0.15) is 0 Å². The van der Waals surface area contributed by atoms with Gasteiger partial charge in [0.05, 0.1) is 27.8 Å². The van der Waals surface area contributed by atoms with Gasteiger partial charge in [-0.1, -0.05) is 143 Å². The Morgan fingerprint density at radius 2 is 0.964 bits per heavy atom. The third kappa shape index (κ3) is 4.88. The summed E-state index contributed by atoms with van der Waals surface area (Å²) in [6, 6.07) is 63.3. The van der Waals surface area contributed by atoms with E-state index in [2.05, 4.69) is 207 Å². The molecule has 0 saturated heterocycles. The van der Waals surface area contributed by atoms with Crippen molar-refractivity contribution in [3.63, 3.8) is 0 Å². The van der Waals surface area contributed by atoms with E-state index in [1.54, 1.807) is 0 Å². The van der Waals surface area contributed by atoms with E-state index in [-0.39, 0.29) is 10.8 Å². The Morgan fingerprint density at radius 1 is 0.393 bits per heavy atom. The standard InChI is InChI=1S/C54H44N2/c1-53(2)28-29-54(3,4)46-34-51-42(31-45(46)53)43-32-50-44(52-40-23-15-14-20-37(40)24-27-48(52)55(50)39-21-12-7-13-22-39)33-49(43)56(51)47-26-25-38(35-16-8-5-9-17-35)30-41(47)36-18-10-6-11-19-36/h5-27,30-34H,28-29H2,1-4H3. The monoisotopic (exact) mass is 720 g/mol. The zero-order valence-corrected chi connectivity index (χ0v) is 32.5. The van der Waals surface area contributed by atoms with Crippen LogP contribution in [0.1, 0.15) is 51.7 Å². The van der Waals surface area contributed by atoms with Crippen molar-refractivity contribution in [2.75, 3.05) is 0 Å². The lowest BCUT2D eigenvalue weighted by molar-refractivity contribution is 0.332. The second-order valence-electron chi connectivity index (χ2n) is 17.2. The maximum Gasteiger partial charge on any atom is 0.0549 e. The minimum Gasteiger partial charge on any atom is -0.309 e. The van der Waals surface area contributed by atoms with Crippen molar-refractivity contribution in [1.29, 1.82) is 0 Å². The van der Waals surface area contributed by atoms with Crippen LogP contribution in [0.5, 0.6) is 0 Å². The number of fused-ring (bicyclic) bond motifs is 9. The predicted octanol–water partition coefficient (Wildman–Crippen LogP) is 14.7. The van der Waals surface area contributed by atoms with Crippen LogP contribution in [0.4, 0.5) is 0 Å². The highest BCUT2D eigenvalue weighted by atomic mass is 15.0. The molecule has 0 spiro atoms. The molecule has 0 radical (unpaired) electrons. The number of nitrogens with zero attached hydrogens (tertiary/aromatic N) is 2. The molecule has 0 fully saturated rings. The fraction of sp³-hybridized carbons (Fsp3) is 0.148. The van der Waals surface area contributed by atoms with E-state index in [0.717, 1.165) is 0 Å². The lowest BCUT2D eigenvalue weighted by Crippen LogP contribution is -2.33. The van der Waals surface area contributed by atoms with Gasteiger partial charge in [-0.15, -0.1) is 0 Å². The molecule has 0 bridgehead atoms. The zero-order chi connectivity index (χ0) is 37.8.